The SMILES string of the molecule is Nc1cc(C(=O)NCC2CCCO2)ccn1. The molecule has 1 saturated heterocycles. The van der Waals surface area contributed by atoms with Gasteiger partial charge < -0.3 is 15.8 Å². The Morgan fingerprint density at radius 1 is 1.69 bits per heavy atom. The van der Waals surface area contributed by atoms with Crippen LogP contribution >= 0.6 is 0 Å². The molecule has 2 rings (SSSR count). The number of nitrogens with zero attached hydrogens (tertiary/aromatic N) is 1. The molecule has 1 fully saturated rings. The molecule has 0 aliphatic carbocycles. The minimum absolute atomic E-state index is 0.135. The Balaban J connectivity index is 1.87. The summed E-state index contributed by atoms with van der Waals surface area (Å²) in [6.07, 6.45) is 3.76. The third kappa shape index (κ3) is 2.70. The molecule has 2 heterocycles. The van der Waals surface area contributed by atoms with Crippen LogP contribution in [0.15, 0.2) is 18.3 Å². The molecule has 0 saturated carbocycles. The van der Waals surface area contributed by atoms with E-state index >= 15 is 0 Å². The fourth-order valence-corrected chi connectivity index (χ4v) is 1.70. The molecular weight excluding hydrogens is 206 g/mol. The van der Waals surface area contributed by atoms with Crippen LogP contribution in [0.5, 0.6) is 0 Å². The van der Waals surface area contributed by atoms with Gasteiger partial charge in [0, 0.05) is 24.9 Å². The van der Waals surface area contributed by atoms with Crippen molar-refractivity contribution in [3.63, 3.8) is 0 Å². The first-order valence-electron chi connectivity index (χ1n) is 5.37. The second kappa shape index (κ2) is 4.94. The summed E-state index contributed by atoms with van der Waals surface area (Å²) < 4.78 is 5.41. The molecule has 1 aliphatic heterocycles. The Kier molecular flexibility index (Phi) is 3.36. The molecule has 86 valence electrons. The van der Waals surface area contributed by atoms with Gasteiger partial charge in [0.2, 0.25) is 0 Å². The number of carbonyl (C=O) groups is 1. The number of nitrogens with two attached hydrogens (primary N) is 1. The van der Waals surface area contributed by atoms with Gasteiger partial charge in [-0.25, -0.2) is 4.98 Å². The van der Waals surface area contributed by atoms with Crippen LogP contribution in [-0.4, -0.2) is 30.1 Å². The van der Waals surface area contributed by atoms with Crippen molar-refractivity contribution in [1.82, 2.24) is 10.3 Å². The van der Waals surface area contributed by atoms with Crippen molar-refractivity contribution in [3.8, 4) is 0 Å². The number of aromatic nitrogens is 1. The fourth-order valence-electron chi connectivity index (χ4n) is 1.70. The van der Waals surface area contributed by atoms with Gasteiger partial charge in [0.25, 0.3) is 5.91 Å². The quantitative estimate of drug-likeness (QED) is 0.782. The number of rotatable bonds is 3. The lowest BCUT2D eigenvalue weighted by molar-refractivity contribution is 0.0857. The Bertz CT molecular complexity index is 375. The molecule has 5 nitrogen and oxygen atoms in total. The van der Waals surface area contributed by atoms with Gasteiger partial charge in [-0.1, -0.05) is 0 Å². The maximum Gasteiger partial charge on any atom is 0.251 e. The number of nitrogens with one attached hydrogen (secondary N) is 1. The van der Waals surface area contributed by atoms with Crippen LogP contribution in [0, 0.1) is 0 Å². The Morgan fingerprint density at radius 3 is 3.25 bits per heavy atom. The summed E-state index contributed by atoms with van der Waals surface area (Å²) in [5, 5.41) is 2.82. The van der Waals surface area contributed by atoms with Gasteiger partial charge in [0.05, 0.1) is 6.10 Å². The number of carbonyl (C=O) groups excluding carboxylic acids is 1. The number of hydrogen-bond donors (Lipinski definition) is 2. The summed E-state index contributed by atoms with van der Waals surface area (Å²) >= 11 is 0. The summed E-state index contributed by atoms with van der Waals surface area (Å²) in [5.41, 5.74) is 6.03. The first-order chi connectivity index (χ1) is 7.75. The molecule has 5 heteroatoms. The molecule has 1 aliphatic rings. The third-order valence-corrected chi connectivity index (χ3v) is 2.56. The number of nitrogen functional groups attached to an aromatic ring is 1. The molecular formula is C11H15N3O2. The molecule has 0 radical (unpaired) electrons. The van der Waals surface area contributed by atoms with Gasteiger partial charge in [0.15, 0.2) is 0 Å². The molecule has 0 spiro atoms. The normalized spacial score (nSPS) is 19.6. The lowest BCUT2D eigenvalue weighted by Gasteiger charge is -2.10. The van der Waals surface area contributed by atoms with Gasteiger partial charge >= 0.3 is 0 Å². The van der Waals surface area contributed by atoms with Crippen LogP contribution in [0.25, 0.3) is 0 Å². The van der Waals surface area contributed by atoms with Crippen molar-refractivity contribution in [3.05, 3.63) is 23.9 Å². The van der Waals surface area contributed by atoms with Crippen molar-refractivity contribution in [2.75, 3.05) is 18.9 Å². The summed E-state index contributed by atoms with van der Waals surface area (Å²) in [5.74, 6) is 0.217. The number of hydrogen-bond acceptors (Lipinski definition) is 4. The van der Waals surface area contributed by atoms with E-state index in [0.717, 1.165) is 19.4 Å². The van der Waals surface area contributed by atoms with E-state index in [-0.39, 0.29) is 12.0 Å². The monoisotopic (exact) mass is 221 g/mol. The Morgan fingerprint density at radius 2 is 2.56 bits per heavy atom. The Labute approximate surface area is 94.0 Å². The predicted molar refractivity (Wildman–Crippen MR) is 60.0 cm³/mol. The van der Waals surface area contributed by atoms with Crippen LogP contribution in [0.3, 0.4) is 0 Å². The lowest BCUT2D eigenvalue weighted by atomic mass is 10.2. The van der Waals surface area contributed by atoms with Crippen molar-refractivity contribution >= 4 is 11.7 Å². The summed E-state index contributed by atoms with van der Waals surface area (Å²) in [7, 11) is 0. The van der Waals surface area contributed by atoms with E-state index in [1.54, 1.807) is 12.1 Å². The van der Waals surface area contributed by atoms with Crippen molar-refractivity contribution in [2.45, 2.75) is 18.9 Å². The highest BCUT2D eigenvalue weighted by Crippen LogP contribution is 2.11. The maximum atomic E-state index is 11.7. The molecule has 1 aromatic rings. The van der Waals surface area contributed by atoms with E-state index in [2.05, 4.69) is 10.3 Å². The smallest absolute Gasteiger partial charge is 0.251 e. The predicted octanol–water partition coefficient (Wildman–Crippen LogP) is 0.573. The van der Waals surface area contributed by atoms with Crippen LogP contribution < -0.4 is 11.1 Å². The van der Waals surface area contributed by atoms with Crippen LogP contribution in [0.4, 0.5) is 5.82 Å². The van der Waals surface area contributed by atoms with Crippen LogP contribution in [-0.2, 0) is 4.74 Å². The van der Waals surface area contributed by atoms with Crippen molar-refractivity contribution < 1.29 is 9.53 Å². The van der Waals surface area contributed by atoms with Crippen molar-refractivity contribution in [2.24, 2.45) is 0 Å². The molecule has 1 aromatic heterocycles. The average Bonchev–Trinajstić information content (AvgIpc) is 2.78. The van der Waals surface area contributed by atoms with E-state index < -0.39 is 0 Å². The number of amides is 1. The van der Waals surface area contributed by atoms with Gasteiger partial charge in [-0.3, -0.25) is 4.79 Å². The minimum Gasteiger partial charge on any atom is -0.384 e. The second-order valence-electron chi connectivity index (χ2n) is 3.81. The molecule has 16 heavy (non-hydrogen) atoms. The van der Waals surface area contributed by atoms with Gasteiger partial charge in [-0.15, -0.1) is 0 Å². The Hall–Kier alpha value is -1.62. The standard InChI is InChI=1S/C11H15N3O2/c12-10-6-8(3-4-13-10)11(15)14-7-9-2-1-5-16-9/h3-4,6,9H,1-2,5,7H2,(H2,12,13)(H,14,15). The second-order valence-corrected chi connectivity index (χ2v) is 3.81. The number of anilines is 1. The lowest BCUT2D eigenvalue weighted by Crippen LogP contribution is -2.31. The first kappa shape index (κ1) is 10.9. The number of ether oxygens (including phenoxy) is 1. The van der Waals surface area contributed by atoms with E-state index in [4.69, 9.17) is 10.5 Å². The van der Waals surface area contributed by atoms with Crippen molar-refractivity contribution in [1.29, 1.82) is 0 Å². The third-order valence-electron chi connectivity index (χ3n) is 2.56. The van der Waals surface area contributed by atoms with E-state index in [1.165, 1.54) is 6.20 Å². The van der Waals surface area contributed by atoms with Gasteiger partial charge in [0.1, 0.15) is 5.82 Å². The van der Waals surface area contributed by atoms with E-state index in [0.29, 0.717) is 17.9 Å². The van der Waals surface area contributed by atoms with Crippen LogP contribution in [0.1, 0.15) is 23.2 Å². The highest BCUT2D eigenvalue weighted by atomic mass is 16.5. The van der Waals surface area contributed by atoms with E-state index in [9.17, 15) is 4.79 Å². The molecule has 3 N–H and O–H groups in total. The highest BCUT2D eigenvalue weighted by Gasteiger charge is 2.16. The zero-order valence-corrected chi connectivity index (χ0v) is 8.98. The average molecular weight is 221 g/mol. The summed E-state index contributed by atoms with van der Waals surface area (Å²) in [6.45, 7) is 1.35. The minimum atomic E-state index is -0.135. The number of pyridine rings is 1. The molecule has 0 bridgehead atoms. The summed E-state index contributed by atoms with van der Waals surface area (Å²) in [4.78, 5) is 15.5. The maximum absolute atomic E-state index is 11.7. The summed E-state index contributed by atoms with van der Waals surface area (Å²) in [6, 6.07) is 3.20. The first-order valence-corrected chi connectivity index (χ1v) is 5.37. The van der Waals surface area contributed by atoms with Gasteiger partial charge in [-0.2, -0.15) is 0 Å². The molecule has 0 aromatic carbocycles. The topological polar surface area (TPSA) is 77.2 Å². The molecule has 1 amide bonds. The molecule has 1 unspecified atom stereocenters. The van der Waals surface area contributed by atoms with E-state index in [1.807, 2.05) is 0 Å². The highest BCUT2D eigenvalue weighted by molar-refractivity contribution is 5.94. The van der Waals surface area contributed by atoms with Gasteiger partial charge in [-0.05, 0) is 25.0 Å². The fraction of sp³-hybridized carbons (Fsp3) is 0.455. The zero-order valence-electron chi connectivity index (χ0n) is 8.98. The van der Waals surface area contributed by atoms with Crippen LogP contribution in [0.2, 0.25) is 0 Å². The zero-order chi connectivity index (χ0) is 11.4. The largest absolute Gasteiger partial charge is 0.384 e. The molecule has 1 atom stereocenters.